The van der Waals surface area contributed by atoms with Gasteiger partial charge in [-0.05, 0) is 56.4 Å². The number of ether oxygens (including phenoxy) is 1. The molecule has 1 heterocycles. The first-order valence-corrected chi connectivity index (χ1v) is 7.56. The van der Waals surface area contributed by atoms with Gasteiger partial charge in [-0.2, -0.15) is 0 Å². The van der Waals surface area contributed by atoms with Crippen LogP contribution in [-0.4, -0.2) is 19.3 Å². The van der Waals surface area contributed by atoms with Crippen molar-refractivity contribution in [2.45, 2.75) is 70.8 Å². The topological polar surface area (TPSA) is 35.2 Å². The molecule has 1 aliphatic carbocycles. The molecule has 1 aliphatic heterocycles. The second kappa shape index (κ2) is 6.19. The number of hydrogen-bond acceptors (Lipinski definition) is 2. The summed E-state index contributed by atoms with van der Waals surface area (Å²) in [6.45, 7) is 4.27. The molecule has 0 aromatic rings. The van der Waals surface area contributed by atoms with Gasteiger partial charge in [-0.1, -0.05) is 26.2 Å². The lowest BCUT2D eigenvalue weighted by Crippen LogP contribution is -2.35. The Balaban J connectivity index is 1.74. The largest absolute Gasteiger partial charge is 0.378 e. The van der Waals surface area contributed by atoms with Crippen molar-refractivity contribution in [2.75, 3.05) is 13.2 Å². The van der Waals surface area contributed by atoms with Gasteiger partial charge in [-0.15, -0.1) is 0 Å². The summed E-state index contributed by atoms with van der Waals surface area (Å²) >= 11 is 0. The van der Waals surface area contributed by atoms with Crippen molar-refractivity contribution in [3.8, 4) is 0 Å². The van der Waals surface area contributed by atoms with Crippen LogP contribution >= 0.6 is 0 Å². The first-order chi connectivity index (χ1) is 8.24. The molecular formula is C15H29NO. The molecule has 17 heavy (non-hydrogen) atoms. The molecule has 2 N–H and O–H groups in total. The quantitative estimate of drug-likeness (QED) is 0.797. The molecule has 1 saturated heterocycles. The van der Waals surface area contributed by atoms with Gasteiger partial charge in [0.1, 0.15) is 0 Å². The highest BCUT2D eigenvalue weighted by atomic mass is 16.5. The van der Waals surface area contributed by atoms with Crippen LogP contribution in [0.25, 0.3) is 0 Å². The summed E-state index contributed by atoms with van der Waals surface area (Å²) in [6, 6.07) is 0. The van der Waals surface area contributed by atoms with E-state index in [4.69, 9.17) is 10.5 Å². The van der Waals surface area contributed by atoms with Gasteiger partial charge in [-0.25, -0.2) is 0 Å². The molecule has 0 aromatic carbocycles. The Morgan fingerprint density at radius 3 is 2.82 bits per heavy atom. The summed E-state index contributed by atoms with van der Waals surface area (Å²) in [7, 11) is 0. The van der Waals surface area contributed by atoms with Crippen molar-refractivity contribution in [1.29, 1.82) is 0 Å². The molecule has 2 nitrogen and oxygen atoms in total. The normalized spacial score (nSPS) is 38.5. The van der Waals surface area contributed by atoms with E-state index >= 15 is 0 Å². The third-order valence-electron chi connectivity index (χ3n) is 4.88. The fourth-order valence-electron chi connectivity index (χ4n) is 3.86. The highest BCUT2D eigenvalue weighted by Gasteiger charge is 2.33. The molecular weight excluding hydrogens is 210 g/mol. The van der Waals surface area contributed by atoms with Crippen LogP contribution in [-0.2, 0) is 4.74 Å². The van der Waals surface area contributed by atoms with Crippen LogP contribution < -0.4 is 5.73 Å². The number of hydrogen-bond donors (Lipinski definition) is 1. The van der Waals surface area contributed by atoms with E-state index in [2.05, 4.69) is 6.92 Å². The van der Waals surface area contributed by atoms with Gasteiger partial charge >= 0.3 is 0 Å². The Morgan fingerprint density at radius 2 is 2.18 bits per heavy atom. The zero-order valence-electron chi connectivity index (χ0n) is 11.4. The molecule has 2 heteroatoms. The Bertz CT molecular complexity index is 225. The van der Waals surface area contributed by atoms with E-state index < -0.39 is 0 Å². The molecule has 0 radical (unpaired) electrons. The SMILES string of the molecule is CC1CCCC(CN)(CCCC2CCCO2)C1. The predicted molar refractivity (Wildman–Crippen MR) is 71.9 cm³/mol. The van der Waals surface area contributed by atoms with Crippen LogP contribution in [0.4, 0.5) is 0 Å². The fraction of sp³-hybridized carbons (Fsp3) is 1.00. The minimum atomic E-state index is 0.469. The van der Waals surface area contributed by atoms with Gasteiger partial charge in [0.2, 0.25) is 0 Å². The lowest BCUT2D eigenvalue weighted by Gasteiger charge is -2.39. The van der Waals surface area contributed by atoms with Gasteiger partial charge < -0.3 is 10.5 Å². The molecule has 0 bridgehead atoms. The first-order valence-electron chi connectivity index (χ1n) is 7.56. The van der Waals surface area contributed by atoms with E-state index in [9.17, 15) is 0 Å². The highest BCUT2D eigenvalue weighted by Crippen LogP contribution is 2.42. The van der Waals surface area contributed by atoms with E-state index in [1.807, 2.05) is 0 Å². The van der Waals surface area contributed by atoms with E-state index in [1.54, 1.807) is 0 Å². The van der Waals surface area contributed by atoms with Crippen LogP contribution in [0.2, 0.25) is 0 Å². The molecule has 0 aromatic heterocycles. The standard InChI is InChI=1S/C15H29NO/c1-13-5-2-8-15(11-13,12-16)9-3-6-14-7-4-10-17-14/h13-14H,2-12,16H2,1H3. The molecule has 2 fully saturated rings. The van der Waals surface area contributed by atoms with Gasteiger partial charge in [0.25, 0.3) is 0 Å². The summed E-state index contributed by atoms with van der Waals surface area (Å²) in [5.74, 6) is 0.884. The summed E-state index contributed by atoms with van der Waals surface area (Å²) in [5.41, 5.74) is 6.53. The lowest BCUT2D eigenvalue weighted by molar-refractivity contribution is 0.0890. The zero-order valence-corrected chi connectivity index (χ0v) is 11.4. The minimum Gasteiger partial charge on any atom is -0.378 e. The fourth-order valence-corrected chi connectivity index (χ4v) is 3.86. The molecule has 0 amide bonds. The molecule has 2 aliphatic rings. The van der Waals surface area contributed by atoms with Gasteiger partial charge in [0.05, 0.1) is 6.10 Å². The monoisotopic (exact) mass is 239 g/mol. The predicted octanol–water partition coefficient (Wildman–Crippen LogP) is 3.49. The van der Waals surface area contributed by atoms with E-state index in [1.165, 1.54) is 57.8 Å². The van der Waals surface area contributed by atoms with Crippen molar-refractivity contribution in [1.82, 2.24) is 0 Å². The Labute approximate surface area is 106 Å². The molecule has 0 spiro atoms. The van der Waals surface area contributed by atoms with E-state index in [-0.39, 0.29) is 0 Å². The van der Waals surface area contributed by atoms with Gasteiger partial charge in [0, 0.05) is 6.61 Å². The average Bonchev–Trinajstić information content (AvgIpc) is 2.82. The van der Waals surface area contributed by atoms with Crippen LogP contribution in [0, 0.1) is 11.3 Å². The molecule has 1 saturated carbocycles. The summed E-state index contributed by atoms with van der Waals surface area (Å²) < 4.78 is 5.70. The smallest absolute Gasteiger partial charge is 0.0576 e. The number of nitrogens with two attached hydrogens (primary N) is 1. The van der Waals surface area contributed by atoms with Crippen molar-refractivity contribution in [3.05, 3.63) is 0 Å². The Hall–Kier alpha value is -0.0800. The molecule has 3 unspecified atom stereocenters. The third-order valence-corrected chi connectivity index (χ3v) is 4.88. The Kier molecular flexibility index (Phi) is 4.87. The van der Waals surface area contributed by atoms with E-state index in [0.29, 0.717) is 11.5 Å². The number of rotatable bonds is 5. The second-order valence-electron chi connectivity index (χ2n) is 6.43. The Morgan fingerprint density at radius 1 is 1.29 bits per heavy atom. The lowest BCUT2D eigenvalue weighted by atomic mass is 9.67. The van der Waals surface area contributed by atoms with Crippen LogP contribution in [0.5, 0.6) is 0 Å². The van der Waals surface area contributed by atoms with Gasteiger partial charge in [0.15, 0.2) is 0 Å². The minimum absolute atomic E-state index is 0.469. The van der Waals surface area contributed by atoms with Gasteiger partial charge in [-0.3, -0.25) is 0 Å². The maximum Gasteiger partial charge on any atom is 0.0576 e. The molecule has 3 atom stereocenters. The van der Waals surface area contributed by atoms with Crippen LogP contribution in [0.15, 0.2) is 0 Å². The maximum atomic E-state index is 6.06. The zero-order chi connectivity index (χ0) is 12.1. The van der Waals surface area contributed by atoms with Crippen LogP contribution in [0.3, 0.4) is 0 Å². The summed E-state index contributed by atoms with van der Waals surface area (Å²) in [5, 5.41) is 0. The van der Waals surface area contributed by atoms with Crippen molar-refractivity contribution in [2.24, 2.45) is 17.1 Å². The summed E-state index contributed by atoms with van der Waals surface area (Å²) in [4.78, 5) is 0. The first kappa shape index (κ1) is 13.4. The van der Waals surface area contributed by atoms with E-state index in [0.717, 1.165) is 19.1 Å². The van der Waals surface area contributed by atoms with Crippen molar-refractivity contribution >= 4 is 0 Å². The van der Waals surface area contributed by atoms with Crippen molar-refractivity contribution < 1.29 is 4.74 Å². The maximum absolute atomic E-state index is 6.06. The molecule has 100 valence electrons. The second-order valence-corrected chi connectivity index (χ2v) is 6.43. The van der Waals surface area contributed by atoms with Crippen molar-refractivity contribution in [3.63, 3.8) is 0 Å². The summed E-state index contributed by atoms with van der Waals surface area (Å²) in [6.07, 6.45) is 12.5. The average molecular weight is 239 g/mol. The highest BCUT2D eigenvalue weighted by molar-refractivity contribution is 4.86. The molecule has 2 rings (SSSR count). The third kappa shape index (κ3) is 3.69. The van der Waals surface area contributed by atoms with Crippen LogP contribution in [0.1, 0.15) is 64.7 Å².